The summed E-state index contributed by atoms with van der Waals surface area (Å²) in [5, 5.41) is 15.4. The minimum atomic E-state index is -1.09. The molecule has 2 amide bonds. The zero-order valence-corrected chi connectivity index (χ0v) is 14.7. The van der Waals surface area contributed by atoms with Crippen molar-refractivity contribution >= 4 is 28.4 Å². The fourth-order valence-electron chi connectivity index (χ4n) is 2.63. The molecule has 0 bridgehead atoms. The summed E-state index contributed by atoms with van der Waals surface area (Å²) in [6.07, 6.45) is 1.53. The lowest BCUT2D eigenvalue weighted by Crippen LogP contribution is -2.46. The minimum Gasteiger partial charge on any atom is -0.497 e. The molecule has 27 heavy (non-hydrogen) atoms. The van der Waals surface area contributed by atoms with Gasteiger partial charge in [0.25, 0.3) is 5.91 Å². The number of methoxy groups -OCH3 is 1. The van der Waals surface area contributed by atoms with Crippen LogP contribution in [0.25, 0.3) is 10.9 Å². The first-order valence-corrected chi connectivity index (χ1v) is 8.32. The first kappa shape index (κ1) is 18.3. The predicted octanol–water partition coefficient (Wildman–Crippen LogP) is 1.97. The van der Waals surface area contributed by atoms with Crippen molar-refractivity contribution < 1.29 is 19.4 Å². The highest BCUT2D eigenvalue weighted by Gasteiger charge is 2.22. The highest BCUT2D eigenvalue weighted by molar-refractivity contribution is 6.08. The third kappa shape index (κ3) is 4.21. The minimum absolute atomic E-state index is 0.385. The molecule has 1 atom stereocenters. The van der Waals surface area contributed by atoms with E-state index in [0.29, 0.717) is 27.9 Å². The summed E-state index contributed by atoms with van der Waals surface area (Å²) in [5.41, 5.74) is 1.59. The molecule has 0 aliphatic rings. The Morgan fingerprint density at radius 1 is 1.11 bits per heavy atom. The number of hydrogen-bond donors (Lipinski definition) is 3. The summed E-state index contributed by atoms with van der Waals surface area (Å²) in [4.78, 5) is 29.2. The number of fused-ring (bicyclic) bond motifs is 1. The summed E-state index contributed by atoms with van der Waals surface area (Å²) in [6.45, 7) is -0.531. The van der Waals surface area contributed by atoms with Gasteiger partial charge in [0.05, 0.1) is 24.8 Å². The SMILES string of the molecule is COc1ccc(NC(=O)[C@H](CO)NC(=O)c2ccnc3ccccc23)cc1. The quantitative estimate of drug-likeness (QED) is 0.620. The van der Waals surface area contributed by atoms with Crippen molar-refractivity contribution in [1.29, 1.82) is 0 Å². The van der Waals surface area contributed by atoms with Gasteiger partial charge in [-0.05, 0) is 36.4 Å². The number of nitrogens with zero attached hydrogens (tertiary/aromatic N) is 1. The molecule has 1 heterocycles. The van der Waals surface area contributed by atoms with Crippen LogP contribution in [0.5, 0.6) is 5.75 Å². The van der Waals surface area contributed by atoms with Crippen LogP contribution in [0.3, 0.4) is 0 Å². The number of hydrogen-bond acceptors (Lipinski definition) is 5. The second-order valence-electron chi connectivity index (χ2n) is 5.80. The van der Waals surface area contributed by atoms with E-state index in [9.17, 15) is 14.7 Å². The van der Waals surface area contributed by atoms with Crippen LogP contribution in [0, 0.1) is 0 Å². The highest BCUT2D eigenvalue weighted by Crippen LogP contribution is 2.17. The summed E-state index contributed by atoms with van der Waals surface area (Å²) in [7, 11) is 1.55. The van der Waals surface area contributed by atoms with Gasteiger partial charge in [-0.1, -0.05) is 18.2 Å². The molecular formula is C20H19N3O4. The molecule has 3 rings (SSSR count). The van der Waals surface area contributed by atoms with E-state index in [2.05, 4.69) is 15.6 Å². The third-order valence-corrected chi connectivity index (χ3v) is 4.06. The molecule has 0 fully saturated rings. The van der Waals surface area contributed by atoms with E-state index in [1.807, 2.05) is 6.07 Å². The number of amides is 2. The predicted molar refractivity (Wildman–Crippen MR) is 102 cm³/mol. The maximum atomic E-state index is 12.6. The number of para-hydroxylation sites is 1. The number of carbonyl (C=O) groups excluding carboxylic acids is 2. The molecule has 0 unspecified atom stereocenters. The Hall–Kier alpha value is -3.45. The average Bonchev–Trinajstić information content (AvgIpc) is 2.71. The number of rotatable bonds is 6. The molecule has 0 saturated carbocycles. The van der Waals surface area contributed by atoms with Crippen molar-refractivity contribution in [2.45, 2.75) is 6.04 Å². The van der Waals surface area contributed by atoms with Crippen LogP contribution in [0.4, 0.5) is 5.69 Å². The lowest BCUT2D eigenvalue weighted by atomic mass is 10.1. The third-order valence-electron chi connectivity index (χ3n) is 4.06. The van der Waals surface area contributed by atoms with Gasteiger partial charge in [-0.15, -0.1) is 0 Å². The summed E-state index contributed by atoms with van der Waals surface area (Å²) in [5.74, 6) is -0.323. The Bertz CT molecular complexity index is 952. The van der Waals surface area contributed by atoms with Crippen molar-refractivity contribution in [3.05, 3.63) is 66.4 Å². The Kier molecular flexibility index (Phi) is 5.63. The fraction of sp³-hybridized carbons (Fsp3) is 0.150. The number of carbonyl (C=O) groups is 2. The molecule has 0 aliphatic carbocycles. The van der Waals surface area contributed by atoms with Gasteiger partial charge in [-0.3, -0.25) is 14.6 Å². The maximum absolute atomic E-state index is 12.6. The molecule has 0 radical (unpaired) electrons. The van der Waals surface area contributed by atoms with Gasteiger partial charge in [0.1, 0.15) is 11.8 Å². The lowest BCUT2D eigenvalue weighted by Gasteiger charge is -2.17. The topological polar surface area (TPSA) is 101 Å². The zero-order chi connectivity index (χ0) is 19.2. The normalized spacial score (nSPS) is 11.6. The van der Waals surface area contributed by atoms with Crippen LogP contribution in [-0.2, 0) is 4.79 Å². The maximum Gasteiger partial charge on any atom is 0.252 e. The Balaban J connectivity index is 1.73. The van der Waals surface area contributed by atoms with E-state index in [1.54, 1.807) is 55.6 Å². The first-order chi connectivity index (χ1) is 13.1. The second kappa shape index (κ2) is 8.29. The Morgan fingerprint density at radius 2 is 1.85 bits per heavy atom. The van der Waals surface area contributed by atoms with Crippen molar-refractivity contribution in [3.8, 4) is 5.75 Å². The van der Waals surface area contributed by atoms with Gasteiger partial charge in [-0.25, -0.2) is 0 Å². The van der Waals surface area contributed by atoms with Crippen molar-refractivity contribution in [1.82, 2.24) is 10.3 Å². The number of ether oxygens (including phenoxy) is 1. The number of benzene rings is 2. The van der Waals surface area contributed by atoms with E-state index in [0.717, 1.165) is 0 Å². The zero-order valence-electron chi connectivity index (χ0n) is 14.7. The van der Waals surface area contributed by atoms with Gasteiger partial charge in [0.15, 0.2) is 0 Å². The van der Waals surface area contributed by atoms with E-state index in [-0.39, 0.29) is 0 Å². The fourth-order valence-corrected chi connectivity index (χ4v) is 2.63. The standard InChI is InChI=1S/C20H19N3O4/c1-27-14-8-6-13(7-9-14)22-20(26)18(12-24)23-19(25)16-10-11-21-17-5-3-2-4-15(16)17/h2-11,18,24H,12H2,1H3,(H,22,26)(H,23,25)/t18-/m0/s1. The van der Waals surface area contributed by atoms with Gasteiger partial charge >= 0.3 is 0 Å². The van der Waals surface area contributed by atoms with E-state index >= 15 is 0 Å². The molecular weight excluding hydrogens is 346 g/mol. The molecule has 1 aromatic heterocycles. The van der Waals surface area contributed by atoms with Crippen LogP contribution in [0.15, 0.2) is 60.8 Å². The van der Waals surface area contributed by atoms with Crippen LogP contribution in [0.1, 0.15) is 10.4 Å². The number of aromatic nitrogens is 1. The lowest BCUT2D eigenvalue weighted by molar-refractivity contribution is -0.118. The van der Waals surface area contributed by atoms with Crippen molar-refractivity contribution in [3.63, 3.8) is 0 Å². The molecule has 138 valence electrons. The van der Waals surface area contributed by atoms with Crippen LogP contribution in [0.2, 0.25) is 0 Å². The molecule has 7 heteroatoms. The van der Waals surface area contributed by atoms with Gasteiger partial charge in [0.2, 0.25) is 5.91 Å². The first-order valence-electron chi connectivity index (χ1n) is 8.32. The molecule has 0 aliphatic heterocycles. The number of aliphatic hydroxyl groups excluding tert-OH is 1. The summed E-state index contributed by atoms with van der Waals surface area (Å²) >= 11 is 0. The summed E-state index contributed by atoms with van der Waals surface area (Å²) in [6, 6.07) is 14.4. The Labute approximate surface area is 156 Å². The number of pyridine rings is 1. The number of anilines is 1. The largest absolute Gasteiger partial charge is 0.497 e. The van der Waals surface area contributed by atoms with Crippen molar-refractivity contribution in [2.24, 2.45) is 0 Å². The van der Waals surface area contributed by atoms with Gasteiger partial charge < -0.3 is 20.5 Å². The molecule has 3 aromatic rings. The van der Waals surface area contributed by atoms with Gasteiger partial charge in [-0.2, -0.15) is 0 Å². The van der Waals surface area contributed by atoms with Crippen molar-refractivity contribution in [2.75, 3.05) is 19.0 Å². The molecule has 3 N–H and O–H groups in total. The average molecular weight is 365 g/mol. The molecule has 0 spiro atoms. The molecule has 0 saturated heterocycles. The number of nitrogens with one attached hydrogen (secondary N) is 2. The van der Waals surface area contributed by atoms with Crippen LogP contribution >= 0.6 is 0 Å². The van der Waals surface area contributed by atoms with E-state index in [1.165, 1.54) is 6.20 Å². The number of aliphatic hydroxyl groups is 1. The molecule has 7 nitrogen and oxygen atoms in total. The highest BCUT2D eigenvalue weighted by atomic mass is 16.5. The monoisotopic (exact) mass is 365 g/mol. The second-order valence-corrected chi connectivity index (χ2v) is 5.80. The van der Waals surface area contributed by atoms with Crippen LogP contribution in [-0.4, -0.2) is 41.7 Å². The smallest absolute Gasteiger partial charge is 0.252 e. The van der Waals surface area contributed by atoms with E-state index < -0.39 is 24.5 Å². The molecule has 2 aromatic carbocycles. The Morgan fingerprint density at radius 3 is 2.56 bits per heavy atom. The summed E-state index contributed by atoms with van der Waals surface area (Å²) < 4.78 is 5.06. The van der Waals surface area contributed by atoms with E-state index in [4.69, 9.17) is 4.74 Å². The van der Waals surface area contributed by atoms with Gasteiger partial charge in [0, 0.05) is 17.3 Å². The van der Waals surface area contributed by atoms with Crippen LogP contribution < -0.4 is 15.4 Å².